The van der Waals surface area contributed by atoms with Gasteiger partial charge in [-0.15, -0.1) is 0 Å². The van der Waals surface area contributed by atoms with Crippen LogP contribution in [-0.4, -0.2) is 11.1 Å². The third-order valence-corrected chi connectivity index (χ3v) is 2.88. The van der Waals surface area contributed by atoms with Gasteiger partial charge in [-0.1, -0.05) is 20.8 Å². The van der Waals surface area contributed by atoms with E-state index in [4.69, 9.17) is 9.52 Å². The zero-order valence-corrected chi connectivity index (χ0v) is 10.8. The first kappa shape index (κ1) is 13.3. The molecule has 0 amide bonds. The van der Waals surface area contributed by atoms with Crippen LogP contribution in [0.25, 0.3) is 11.0 Å². The highest BCUT2D eigenvalue weighted by Crippen LogP contribution is 2.28. The summed E-state index contributed by atoms with van der Waals surface area (Å²) in [4.78, 5) is 22.3. The molecule has 0 unspecified atom stereocenters. The molecule has 0 saturated carbocycles. The lowest BCUT2D eigenvalue weighted by molar-refractivity contribution is 0.0692. The second kappa shape index (κ2) is 4.19. The highest BCUT2D eigenvalue weighted by molar-refractivity contribution is 5.91. The molecule has 2 rings (SSSR count). The summed E-state index contributed by atoms with van der Waals surface area (Å²) in [6.45, 7) is 5.72. The van der Waals surface area contributed by atoms with Crippen LogP contribution < -0.4 is 5.63 Å². The Bertz CT molecular complexity index is 723. The lowest BCUT2D eigenvalue weighted by Crippen LogP contribution is -2.15. The summed E-state index contributed by atoms with van der Waals surface area (Å²) in [5, 5.41) is 9.14. The van der Waals surface area contributed by atoms with Gasteiger partial charge in [-0.25, -0.2) is 14.0 Å². The summed E-state index contributed by atoms with van der Waals surface area (Å²) < 4.78 is 18.7. The van der Waals surface area contributed by atoms with Crippen LogP contribution in [0.3, 0.4) is 0 Å². The number of hydrogen-bond donors (Lipinski definition) is 1. The van der Waals surface area contributed by atoms with E-state index in [2.05, 4.69) is 0 Å². The van der Waals surface area contributed by atoms with Crippen molar-refractivity contribution in [1.82, 2.24) is 0 Å². The van der Waals surface area contributed by atoms with Crippen molar-refractivity contribution in [3.05, 3.63) is 45.6 Å². The second-order valence-electron chi connectivity index (χ2n) is 5.38. The molecule has 1 aromatic carbocycles. The van der Waals surface area contributed by atoms with E-state index in [-0.39, 0.29) is 16.4 Å². The number of fused-ring (bicyclic) bond motifs is 1. The summed E-state index contributed by atoms with van der Waals surface area (Å²) in [7, 11) is 0. The Morgan fingerprint density at radius 1 is 1.26 bits per heavy atom. The van der Waals surface area contributed by atoms with Gasteiger partial charge in [0.2, 0.25) is 0 Å². The van der Waals surface area contributed by atoms with Crippen LogP contribution in [-0.2, 0) is 5.41 Å². The number of carbonyl (C=O) groups is 1. The zero-order chi connectivity index (χ0) is 14.4. The van der Waals surface area contributed by atoms with E-state index in [0.29, 0.717) is 5.56 Å². The monoisotopic (exact) mass is 264 g/mol. The van der Waals surface area contributed by atoms with Crippen LogP contribution in [0.2, 0.25) is 0 Å². The van der Waals surface area contributed by atoms with Crippen molar-refractivity contribution in [2.45, 2.75) is 26.2 Å². The molecule has 0 atom stereocenters. The third kappa shape index (κ3) is 2.36. The van der Waals surface area contributed by atoms with Crippen LogP contribution in [0.15, 0.2) is 27.4 Å². The van der Waals surface area contributed by atoms with Crippen LogP contribution in [0, 0.1) is 5.82 Å². The molecule has 19 heavy (non-hydrogen) atoms. The maximum absolute atomic E-state index is 13.9. The lowest BCUT2D eigenvalue weighted by atomic mass is 9.86. The van der Waals surface area contributed by atoms with E-state index in [1.54, 1.807) is 6.07 Å². The Labute approximate surface area is 108 Å². The molecule has 0 aliphatic carbocycles. The van der Waals surface area contributed by atoms with Gasteiger partial charge >= 0.3 is 11.6 Å². The normalized spacial score (nSPS) is 11.8. The van der Waals surface area contributed by atoms with Crippen molar-refractivity contribution in [1.29, 1.82) is 0 Å². The van der Waals surface area contributed by atoms with E-state index in [1.807, 2.05) is 20.8 Å². The fourth-order valence-electron chi connectivity index (χ4n) is 1.77. The fourth-order valence-corrected chi connectivity index (χ4v) is 1.77. The van der Waals surface area contributed by atoms with Gasteiger partial charge in [0.05, 0.1) is 0 Å². The quantitative estimate of drug-likeness (QED) is 0.804. The molecular formula is C14H13FO4. The predicted molar refractivity (Wildman–Crippen MR) is 68.1 cm³/mol. The summed E-state index contributed by atoms with van der Waals surface area (Å²) in [6.07, 6.45) is 0. The molecule has 0 aliphatic heterocycles. The Balaban J connectivity index is 2.83. The van der Waals surface area contributed by atoms with Crippen LogP contribution >= 0.6 is 0 Å². The van der Waals surface area contributed by atoms with Crippen molar-refractivity contribution in [3.63, 3.8) is 0 Å². The number of benzene rings is 1. The molecule has 0 spiro atoms. The summed E-state index contributed by atoms with van der Waals surface area (Å²) in [6, 6.07) is 4.07. The van der Waals surface area contributed by atoms with Gasteiger partial charge in [0.25, 0.3) is 0 Å². The topological polar surface area (TPSA) is 67.5 Å². The van der Waals surface area contributed by atoms with Crippen LogP contribution in [0.5, 0.6) is 0 Å². The van der Waals surface area contributed by atoms with Gasteiger partial charge in [0.1, 0.15) is 5.56 Å². The fraction of sp³-hybridized carbons (Fsp3) is 0.286. The smallest absolute Gasteiger partial charge is 0.351 e. The Hall–Kier alpha value is -2.17. The Morgan fingerprint density at radius 2 is 1.89 bits per heavy atom. The summed E-state index contributed by atoms with van der Waals surface area (Å²) in [5.74, 6) is -2.06. The van der Waals surface area contributed by atoms with E-state index >= 15 is 0 Å². The van der Waals surface area contributed by atoms with Crippen LogP contribution in [0.4, 0.5) is 4.39 Å². The van der Waals surface area contributed by atoms with Crippen molar-refractivity contribution >= 4 is 16.9 Å². The maximum atomic E-state index is 13.9. The molecule has 4 nitrogen and oxygen atoms in total. The highest BCUT2D eigenvalue weighted by Gasteiger charge is 2.19. The largest absolute Gasteiger partial charge is 0.477 e. The molecular weight excluding hydrogens is 251 g/mol. The molecule has 0 fully saturated rings. The van der Waals surface area contributed by atoms with Crippen LogP contribution in [0.1, 0.15) is 36.7 Å². The van der Waals surface area contributed by atoms with E-state index in [0.717, 1.165) is 6.07 Å². The number of carboxylic acids is 1. The molecule has 100 valence electrons. The number of carboxylic acid groups (broad SMARTS) is 1. The molecule has 1 heterocycles. The standard InChI is InChI=1S/C14H13FO4/c1-14(2,3)8-4-7-5-9(12(16)17)13(18)19-11(7)10(15)6-8/h4-6H,1-3H3,(H,16,17). The average Bonchev–Trinajstić information content (AvgIpc) is 2.27. The first-order valence-electron chi connectivity index (χ1n) is 5.71. The Morgan fingerprint density at radius 3 is 2.42 bits per heavy atom. The molecule has 5 heteroatoms. The van der Waals surface area contributed by atoms with Gasteiger partial charge in [0.15, 0.2) is 11.4 Å². The van der Waals surface area contributed by atoms with E-state index in [1.165, 1.54) is 6.07 Å². The van der Waals surface area contributed by atoms with Crippen molar-refractivity contribution < 1.29 is 18.7 Å². The first-order valence-corrected chi connectivity index (χ1v) is 5.71. The van der Waals surface area contributed by atoms with Gasteiger partial charge in [-0.3, -0.25) is 0 Å². The predicted octanol–water partition coefficient (Wildman–Crippen LogP) is 2.93. The summed E-state index contributed by atoms with van der Waals surface area (Å²) >= 11 is 0. The third-order valence-electron chi connectivity index (χ3n) is 2.88. The molecule has 2 aromatic rings. The van der Waals surface area contributed by atoms with Gasteiger partial charge in [-0.2, -0.15) is 0 Å². The lowest BCUT2D eigenvalue weighted by Gasteiger charge is -2.19. The minimum atomic E-state index is -1.39. The molecule has 1 N–H and O–H groups in total. The van der Waals surface area contributed by atoms with Crippen molar-refractivity contribution in [2.24, 2.45) is 0 Å². The van der Waals surface area contributed by atoms with Crippen molar-refractivity contribution in [3.8, 4) is 0 Å². The van der Waals surface area contributed by atoms with Gasteiger partial charge in [-0.05, 0) is 29.2 Å². The number of halogens is 1. The highest BCUT2D eigenvalue weighted by atomic mass is 19.1. The van der Waals surface area contributed by atoms with Gasteiger partial charge < -0.3 is 9.52 Å². The van der Waals surface area contributed by atoms with E-state index in [9.17, 15) is 14.0 Å². The average molecular weight is 264 g/mol. The summed E-state index contributed by atoms with van der Waals surface area (Å²) in [5.41, 5.74) is -1.37. The number of hydrogen-bond acceptors (Lipinski definition) is 3. The molecule has 0 saturated heterocycles. The Kier molecular flexibility index (Phi) is 2.92. The minimum absolute atomic E-state index is 0.219. The number of rotatable bonds is 1. The molecule has 0 bridgehead atoms. The molecule has 1 aromatic heterocycles. The number of aromatic carboxylic acids is 1. The first-order chi connectivity index (χ1) is 8.70. The SMILES string of the molecule is CC(C)(C)c1cc(F)c2oc(=O)c(C(=O)O)cc2c1. The zero-order valence-electron chi connectivity index (χ0n) is 10.8. The van der Waals surface area contributed by atoms with E-state index < -0.39 is 23.0 Å². The molecule has 0 radical (unpaired) electrons. The van der Waals surface area contributed by atoms with Crippen molar-refractivity contribution in [2.75, 3.05) is 0 Å². The van der Waals surface area contributed by atoms with Gasteiger partial charge in [0, 0.05) is 5.39 Å². The second-order valence-corrected chi connectivity index (χ2v) is 5.38. The maximum Gasteiger partial charge on any atom is 0.351 e. The molecule has 0 aliphatic rings. The minimum Gasteiger partial charge on any atom is -0.477 e.